The fraction of sp³-hybridized carbons (Fsp3) is 0.250. The lowest BCUT2D eigenvalue weighted by Gasteiger charge is -2.02. The minimum Gasteiger partial charge on any atom is -0.255 e. The quantitative estimate of drug-likeness (QED) is 0.690. The summed E-state index contributed by atoms with van der Waals surface area (Å²) in [6.45, 7) is 1.70. The monoisotopic (exact) mass is 206 g/mol. The van der Waals surface area contributed by atoms with Gasteiger partial charge in [0.25, 0.3) is 0 Å². The molecule has 0 heterocycles. The topological polar surface area (TPSA) is 17.1 Å². The van der Waals surface area contributed by atoms with Crippen LogP contribution < -0.4 is 0 Å². The lowest BCUT2D eigenvalue weighted by molar-refractivity contribution is 0.595. The summed E-state index contributed by atoms with van der Waals surface area (Å²) < 4.78 is 24.0. The predicted molar refractivity (Wildman–Crippen MR) is 48.5 cm³/mol. The molecule has 4 heteroatoms. The lowest BCUT2D eigenvalue weighted by Crippen LogP contribution is -1.93. The first-order chi connectivity index (χ1) is 5.52. The van der Waals surface area contributed by atoms with Gasteiger partial charge >= 0.3 is 0 Å². The summed E-state index contributed by atoms with van der Waals surface area (Å²) in [5, 5.41) is 0.446. The number of hydrogen-bond acceptors (Lipinski definition) is 1. The van der Waals surface area contributed by atoms with Crippen LogP contribution in [0.3, 0.4) is 0 Å². The van der Waals surface area contributed by atoms with Gasteiger partial charge in [-0.05, 0) is 24.6 Å². The van der Waals surface area contributed by atoms with Gasteiger partial charge in [-0.3, -0.25) is 4.21 Å². The Morgan fingerprint density at radius 2 is 2.08 bits per heavy atom. The summed E-state index contributed by atoms with van der Waals surface area (Å²) in [6.07, 6.45) is 1.42. The second-order valence-corrected chi connectivity index (χ2v) is 4.24. The molecule has 66 valence electrons. The first-order valence-corrected chi connectivity index (χ1v) is 5.25. The highest BCUT2D eigenvalue weighted by molar-refractivity contribution is 7.84. The summed E-state index contributed by atoms with van der Waals surface area (Å²) >= 11 is 5.73. The zero-order chi connectivity index (χ0) is 9.30. The Balaban J connectivity index is 3.33. The van der Waals surface area contributed by atoms with Crippen LogP contribution >= 0.6 is 11.6 Å². The van der Waals surface area contributed by atoms with Gasteiger partial charge in [0.2, 0.25) is 0 Å². The van der Waals surface area contributed by atoms with Crippen LogP contribution in [-0.4, -0.2) is 10.5 Å². The van der Waals surface area contributed by atoms with E-state index in [9.17, 15) is 8.60 Å². The van der Waals surface area contributed by atoms with Gasteiger partial charge < -0.3 is 0 Å². The normalized spacial score (nSPS) is 13.0. The molecule has 0 aromatic heterocycles. The van der Waals surface area contributed by atoms with Crippen molar-refractivity contribution in [2.45, 2.75) is 11.8 Å². The summed E-state index contributed by atoms with van der Waals surface area (Å²) in [7, 11) is -1.32. The molecule has 0 fully saturated rings. The van der Waals surface area contributed by atoms with Crippen LogP contribution in [0, 0.1) is 12.7 Å². The van der Waals surface area contributed by atoms with Crippen molar-refractivity contribution in [3.05, 3.63) is 28.5 Å². The van der Waals surface area contributed by atoms with Crippen LogP contribution in [0.1, 0.15) is 5.56 Å². The van der Waals surface area contributed by atoms with Crippen molar-refractivity contribution in [2.75, 3.05) is 6.26 Å². The number of benzene rings is 1. The van der Waals surface area contributed by atoms with Gasteiger partial charge in [-0.15, -0.1) is 0 Å². The van der Waals surface area contributed by atoms with E-state index in [-0.39, 0.29) is 4.90 Å². The van der Waals surface area contributed by atoms with Crippen molar-refractivity contribution in [1.82, 2.24) is 0 Å². The minimum atomic E-state index is -1.32. The first kappa shape index (κ1) is 9.68. The summed E-state index contributed by atoms with van der Waals surface area (Å²) in [5.74, 6) is -0.460. The highest BCUT2D eigenvalue weighted by atomic mass is 35.5. The molecule has 1 unspecified atom stereocenters. The number of halogens is 2. The second-order valence-electron chi connectivity index (χ2n) is 2.49. The van der Waals surface area contributed by atoms with E-state index in [1.807, 2.05) is 0 Å². The molecule has 0 aliphatic carbocycles. The van der Waals surface area contributed by atoms with E-state index in [0.29, 0.717) is 10.6 Å². The van der Waals surface area contributed by atoms with E-state index < -0.39 is 16.6 Å². The first-order valence-electron chi connectivity index (χ1n) is 3.31. The molecular weight excluding hydrogens is 199 g/mol. The molecule has 1 aromatic rings. The van der Waals surface area contributed by atoms with E-state index in [1.54, 1.807) is 6.92 Å². The maximum Gasteiger partial charge on any atom is 0.139 e. The zero-order valence-corrected chi connectivity index (χ0v) is 8.30. The van der Waals surface area contributed by atoms with E-state index >= 15 is 0 Å². The van der Waals surface area contributed by atoms with Crippen molar-refractivity contribution in [3.63, 3.8) is 0 Å². The molecule has 0 N–H and O–H groups in total. The van der Waals surface area contributed by atoms with Crippen molar-refractivity contribution < 1.29 is 8.60 Å². The third kappa shape index (κ3) is 1.84. The molecule has 1 atom stereocenters. The molecule has 0 amide bonds. The Hall–Kier alpha value is -0.410. The molecule has 0 aliphatic heterocycles. The van der Waals surface area contributed by atoms with Crippen molar-refractivity contribution in [2.24, 2.45) is 0 Å². The van der Waals surface area contributed by atoms with Gasteiger partial charge in [0.05, 0.1) is 15.7 Å². The standard InChI is InChI=1S/C8H8ClFOS/c1-5-3-7(10)8(12(2)11)4-6(5)9/h3-4H,1-2H3. The zero-order valence-electron chi connectivity index (χ0n) is 6.73. The maximum atomic E-state index is 13.0. The molecule has 1 nitrogen and oxygen atoms in total. The van der Waals surface area contributed by atoms with E-state index in [1.165, 1.54) is 18.4 Å². The summed E-state index contributed by atoms with van der Waals surface area (Å²) in [4.78, 5) is 0.158. The predicted octanol–water partition coefficient (Wildman–Crippen LogP) is 2.52. The van der Waals surface area contributed by atoms with Crippen molar-refractivity contribution in [3.8, 4) is 0 Å². The van der Waals surface area contributed by atoms with Crippen molar-refractivity contribution in [1.29, 1.82) is 0 Å². The third-order valence-corrected chi connectivity index (χ3v) is 2.86. The number of rotatable bonds is 1. The van der Waals surface area contributed by atoms with Gasteiger partial charge in [-0.2, -0.15) is 0 Å². The smallest absolute Gasteiger partial charge is 0.139 e. The van der Waals surface area contributed by atoms with Crippen LogP contribution in [0.2, 0.25) is 5.02 Å². The molecule has 0 aliphatic rings. The molecule has 0 saturated heterocycles. The molecule has 0 saturated carbocycles. The van der Waals surface area contributed by atoms with Crippen molar-refractivity contribution >= 4 is 22.4 Å². The minimum absolute atomic E-state index is 0.158. The van der Waals surface area contributed by atoms with Crippen LogP contribution in [-0.2, 0) is 10.8 Å². The lowest BCUT2D eigenvalue weighted by atomic mass is 10.2. The molecule has 1 aromatic carbocycles. The average Bonchev–Trinajstić information content (AvgIpc) is 1.96. The Labute approximate surface area is 78.0 Å². The van der Waals surface area contributed by atoms with Gasteiger partial charge in [-0.1, -0.05) is 11.6 Å². The Morgan fingerprint density at radius 1 is 1.50 bits per heavy atom. The largest absolute Gasteiger partial charge is 0.255 e. The van der Waals surface area contributed by atoms with E-state index in [4.69, 9.17) is 11.6 Å². The van der Waals surface area contributed by atoms with Crippen LogP contribution in [0.25, 0.3) is 0 Å². The number of hydrogen-bond donors (Lipinski definition) is 0. The van der Waals surface area contributed by atoms with E-state index in [0.717, 1.165) is 0 Å². The molecule has 12 heavy (non-hydrogen) atoms. The SMILES string of the molecule is Cc1cc(F)c(S(C)=O)cc1Cl. The fourth-order valence-electron chi connectivity index (χ4n) is 0.848. The molecule has 1 rings (SSSR count). The maximum absolute atomic E-state index is 13.0. The molecule has 0 spiro atoms. The highest BCUT2D eigenvalue weighted by Crippen LogP contribution is 2.21. The van der Waals surface area contributed by atoms with Crippen LogP contribution in [0.5, 0.6) is 0 Å². The molecule has 0 bridgehead atoms. The average molecular weight is 207 g/mol. The van der Waals surface area contributed by atoms with Gasteiger partial charge in [0.15, 0.2) is 0 Å². The Kier molecular flexibility index (Phi) is 2.85. The number of aryl methyl sites for hydroxylation is 1. The Bertz CT molecular complexity index is 338. The van der Waals surface area contributed by atoms with Crippen LogP contribution in [0.15, 0.2) is 17.0 Å². The van der Waals surface area contributed by atoms with Gasteiger partial charge in [0.1, 0.15) is 5.82 Å². The third-order valence-electron chi connectivity index (χ3n) is 1.52. The fourth-order valence-corrected chi connectivity index (χ4v) is 1.69. The Morgan fingerprint density at radius 3 is 2.58 bits per heavy atom. The summed E-state index contributed by atoms with van der Waals surface area (Å²) in [6, 6.07) is 2.70. The van der Waals surface area contributed by atoms with Gasteiger partial charge in [0, 0.05) is 11.3 Å². The van der Waals surface area contributed by atoms with Crippen LogP contribution in [0.4, 0.5) is 4.39 Å². The highest BCUT2D eigenvalue weighted by Gasteiger charge is 2.08. The molecule has 0 radical (unpaired) electrons. The van der Waals surface area contributed by atoms with E-state index in [2.05, 4.69) is 0 Å². The summed E-state index contributed by atoms with van der Waals surface area (Å²) in [5.41, 5.74) is 0.656. The van der Waals surface area contributed by atoms with Gasteiger partial charge in [-0.25, -0.2) is 4.39 Å². The molecular formula is C8H8ClFOS. The second kappa shape index (κ2) is 3.54.